The summed E-state index contributed by atoms with van der Waals surface area (Å²) in [6.07, 6.45) is 3.43. The monoisotopic (exact) mass is 202 g/mol. The van der Waals surface area contributed by atoms with Crippen LogP contribution in [0.1, 0.15) is 33.1 Å². The van der Waals surface area contributed by atoms with Gasteiger partial charge in [-0.1, -0.05) is 13.8 Å². The number of ether oxygens (including phenoxy) is 1. The van der Waals surface area contributed by atoms with Crippen molar-refractivity contribution in [2.75, 3.05) is 5.75 Å². The highest BCUT2D eigenvalue weighted by atomic mass is 32.1. The maximum absolute atomic E-state index is 11.0. The minimum Gasteiger partial charge on any atom is -0.462 e. The molecule has 1 rings (SSSR count). The lowest BCUT2D eigenvalue weighted by Gasteiger charge is -2.30. The molecular formula is C10H18O2S. The topological polar surface area (TPSA) is 26.3 Å². The fourth-order valence-corrected chi connectivity index (χ4v) is 2.27. The van der Waals surface area contributed by atoms with Crippen LogP contribution in [-0.4, -0.2) is 17.8 Å². The second-order valence-electron chi connectivity index (χ2n) is 4.19. The highest BCUT2D eigenvalue weighted by Crippen LogP contribution is 2.30. The van der Waals surface area contributed by atoms with Crippen LogP contribution < -0.4 is 0 Å². The first-order valence-corrected chi connectivity index (χ1v) is 5.55. The van der Waals surface area contributed by atoms with E-state index in [-0.39, 0.29) is 17.8 Å². The number of rotatable bonds is 2. The van der Waals surface area contributed by atoms with Crippen molar-refractivity contribution in [3.63, 3.8) is 0 Å². The van der Waals surface area contributed by atoms with Crippen molar-refractivity contribution >= 4 is 18.6 Å². The predicted molar refractivity (Wildman–Crippen MR) is 55.9 cm³/mol. The molecule has 1 aliphatic carbocycles. The molecule has 0 amide bonds. The van der Waals surface area contributed by atoms with E-state index in [1.807, 2.05) is 0 Å². The van der Waals surface area contributed by atoms with E-state index < -0.39 is 0 Å². The Bertz CT molecular complexity index is 172. The highest BCUT2D eigenvalue weighted by molar-refractivity contribution is 7.81. The Morgan fingerprint density at radius 3 is 2.31 bits per heavy atom. The molecule has 1 aliphatic rings. The molecule has 0 N–H and O–H groups in total. The second-order valence-corrected chi connectivity index (χ2v) is 4.50. The van der Waals surface area contributed by atoms with Gasteiger partial charge < -0.3 is 4.74 Å². The van der Waals surface area contributed by atoms with Crippen LogP contribution in [0.5, 0.6) is 0 Å². The lowest BCUT2D eigenvalue weighted by atomic mass is 9.82. The smallest absolute Gasteiger partial charge is 0.315 e. The molecule has 3 heteroatoms. The van der Waals surface area contributed by atoms with Gasteiger partial charge in [0.1, 0.15) is 6.10 Å². The average Bonchev–Trinajstić information content (AvgIpc) is 2.02. The van der Waals surface area contributed by atoms with E-state index in [4.69, 9.17) is 4.74 Å². The van der Waals surface area contributed by atoms with Gasteiger partial charge in [-0.2, -0.15) is 12.6 Å². The number of esters is 1. The maximum atomic E-state index is 11.0. The van der Waals surface area contributed by atoms with Crippen molar-refractivity contribution in [3.8, 4) is 0 Å². The molecule has 1 saturated carbocycles. The number of hydrogen-bond acceptors (Lipinski definition) is 3. The minimum atomic E-state index is -0.186. The Balaban J connectivity index is 2.37. The lowest BCUT2D eigenvalue weighted by molar-refractivity contribution is -0.148. The molecule has 0 aromatic carbocycles. The van der Waals surface area contributed by atoms with Crippen LogP contribution in [0.15, 0.2) is 0 Å². The van der Waals surface area contributed by atoms with Crippen LogP contribution in [-0.2, 0) is 9.53 Å². The molecule has 2 atom stereocenters. The second kappa shape index (κ2) is 4.89. The number of carbonyl (C=O) groups excluding carboxylic acids is 1. The quantitative estimate of drug-likeness (QED) is 0.549. The third kappa shape index (κ3) is 3.59. The molecule has 0 heterocycles. The minimum absolute atomic E-state index is 0.137. The summed E-state index contributed by atoms with van der Waals surface area (Å²) in [5, 5.41) is 0. The first kappa shape index (κ1) is 10.9. The Hall–Kier alpha value is -0.180. The van der Waals surface area contributed by atoms with Gasteiger partial charge in [0.2, 0.25) is 0 Å². The van der Waals surface area contributed by atoms with Crippen molar-refractivity contribution in [2.24, 2.45) is 11.8 Å². The zero-order valence-electron chi connectivity index (χ0n) is 8.32. The van der Waals surface area contributed by atoms with Gasteiger partial charge in [-0.3, -0.25) is 4.79 Å². The first-order valence-electron chi connectivity index (χ1n) is 4.92. The SMILES string of the molecule is CC1CC(C)CC(OC(=O)CS)C1. The molecule has 0 aromatic heterocycles. The van der Waals surface area contributed by atoms with Crippen molar-refractivity contribution in [1.29, 1.82) is 0 Å². The van der Waals surface area contributed by atoms with E-state index in [2.05, 4.69) is 26.5 Å². The fourth-order valence-electron chi connectivity index (χ4n) is 2.19. The van der Waals surface area contributed by atoms with Crippen LogP contribution in [0.3, 0.4) is 0 Å². The summed E-state index contributed by atoms with van der Waals surface area (Å²) in [7, 11) is 0. The summed E-state index contributed by atoms with van der Waals surface area (Å²) in [6, 6.07) is 0. The molecule has 1 fully saturated rings. The lowest BCUT2D eigenvalue weighted by Crippen LogP contribution is -2.28. The molecular weight excluding hydrogens is 184 g/mol. The summed E-state index contributed by atoms with van der Waals surface area (Å²) in [5.74, 6) is 1.37. The van der Waals surface area contributed by atoms with Crippen LogP contribution in [0.4, 0.5) is 0 Å². The molecule has 2 unspecified atom stereocenters. The Labute approximate surface area is 85.4 Å². The molecule has 0 radical (unpaired) electrons. The van der Waals surface area contributed by atoms with Gasteiger partial charge >= 0.3 is 5.97 Å². The van der Waals surface area contributed by atoms with Gasteiger partial charge in [0, 0.05) is 0 Å². The van der Waals surface area contributed by atoms with Gasteiger partial charge in [0.15, 0.2) is 0 Å². The van der Waals surface area contributed by atoms with Gasteiger partial charge in [0.25, 0.3) is 0 Å². The van der Waals surface area contributed by atoms with Crippen molar-refractivity contribution in [1.82, 2.24) is 0 Å². The summed E-state index contributed by atoms with van der Waals surface area (Å²) < 4.78 is 5.27. The van der Waals surface area contributed by atoms with Gasteiger partial charge in [-0.15, -0.1) is 0 Å². The van der Waals surface area contributed by atoms with E-state index in [1.54, 1.807) is 0 Å². The van der Waals surface area contributed by atoms with E-state index in [1.165, 1.54) is 6.42 Å². The molecule has 0 aliphatic heterocycles. The summed E-state index contributed by atoms with van der Waals surface area (Å²) in [5.41, 5.74) is 0. The zero-order valence-corrected chi connectivity index (χ0v) is 9.22. The standard InChI is InChI=1S/C10H18O2S/c1-7-3-8(2)5-9(4-7)12-10(11)6-13/h7-9,13H,3-6H2,1-2H3. The van der Waals surface area contributed by atoms with E-state index in [9.17, 15) is 4.79 Å². The summed E-state index contributed by atoms with van der Waals surface area (Å²) in [4.78, 5) is 11.0. The molecule has 0 saturated heterocycles. The van der Waals surface area contributed by atoms with Gasteiger partial charge in [0.05, 0.1) is 5.75 Å². The van der Waals surface area contributed by atoms with E-state index in [0.717, 1.165) is 12.8 Å². The van der Waals surface area contributed by atoms with Crippen LogP contribution in [0, 0.1) is 11.8 Å². The van der Waals surface area contributed by atoms with Gasteiger partial charge in [-0.05, 0) is 31.1 Å². The fraction of sp³-hybridized carbons (Fsp3) is 0.900. The maximum Gasteiger partial charge on any atom is 0.315 e. The summed E-state index contributed by atoms with van der Waals surface area (Å²) in [6.45, 7) is 4.44. The van der Waals surface area contributed by atoms with Crippen LogP contribution in [0.2, 0.25) is 0 Å². The number of carbonyl (C=O) groups is 1. The first-order chi connectivity index (χ1) is 6.11. The normalized spacial score (nSPS) is 34.2. The molecule has 0 bridgehead atoms. The third-order valence-corrected chi connectivity index (χ3v) is 2.82. The zero-order chi connectivity index (χ0) is 9.84. The average molecular weight is 202 g/mol. The number of hydrogen-bond donors (Lipinski definition) is 1. The highest BCUT2D eigenvalue weighted by Gasteiger charge is 2.26. The summed E-state index contributed by atoms with van der Waals surface area (Å²) >= 11 is 3.89. The Morgan fingerprint density at radius 2 is 1.85 bits per heavy atom. The third-order valence-electron chi connectivity index (χ3n) is 2.56. The van der Waals surface area contributed by atoms with Crippen LogP contribution >= 0.6 is 12.6 Å². The Morgan fingerprint density at radius 1 is 1.31 bits per heavy atom. The van der Waals surface area contributed by atoms with Gasteiger partial charge in [-0.25, -0.2) is 0 Å². The Kier molecular flexibility index (Phi) is 4.10. The molecule has 76 valence electrons. The van der Waals surface area contributed by atoms with E-state index in [0.29, 0.717) is 11.8 Å². The predicted octanol–water partition coefficient (Wildman–Crippen LogP) is 2.28. The molecule has 13 heavy (non-hydrogen) atoms. The van der Waals surface area contributed by atoms with Crippen molar-refractivity contribution in [3.05, 3.63) is 0 Å². The van der Waals surface area contributed by atoms with Crippen molar-refractivity contribution in [2.45, 2.75) is 39.2 Å². The van der Waals surface area contributed by atoms with Crippen LogP contribution in [0.25, 0.3) is 0 Å². The largest absolute Gasteiger partial charge is 0.462 e. The molecule has 0 spiro atoms. The van der Waals surface area contributed by atoms with E-state index >= 15 is 0 Å². The van der Waals surface area contributed by atoms with Crippen molar-refractivity contribution < 1.29 is 9.53 Å². The molecule has 2 nitrogen and oxygen atoms in total. The number of thiol groups is 1. The molecule has 0 aromatic rings.